The van der Waals surface area contributed by atoms with Crippen molar-refractivity contribution < 1.29 is 13.9 Å². The Morgan fingerprint density at radius 2 is 1.96 bits per heavy atom. The lowest BCUT2D eigenvalue weighted by Crippen LogP contribution is -2.25. The predicted octanol–water partition coefficient (Wildman–Crippen LogP) is 2.99. The molecule has 1 amide bonds. The SMILES string of the molecule is O=C1COc2ccc(C(c3ccc(F)cc3)n3ccnc3)cc2N1. The Morgan fingerprint density at radius 3 is 2.71 bits per heavy atom. The van der Waals surface area contributed by atoms with E-state index >= 15 is 0 Å². The number of rotatable bonds is 3. The van der Waals surface area contributed by atoms with Crippen molar-refractivity contribution in [2.75, 3.05) is 11.9 Å². The number of anilines is 1. The predicted molar refractivity (Wildman–Crippen MR) is 86.4 cm³/mol. The molecular weight excluding hydrogens is 309 g/mol. The van der Waals surface area contributed by atoms with E-state index in [0.717, 1.165) is 11.1 Å². The van der Waals surface area contributed by atoms with Crippen LogP contribution in [0.1, 0.15) is 17.2 Å². The van der Waals surface area contributed by atoms with Crippen molar-refractivity contribution in [3.05, 3.63) is 78.1 Å². The molecule has 0 radical (unpaired) electrons. The topological polar surface area (TPSA) is 56.2 Å². The minimum atomic E-state index is -0.283. The van der Waals surface area contributed by atoms with Gasteiger partial charge in [0, 0.05) is 12.4 Å². The van der Waals surface area contributed by atoms with Crippen molar-refractivity contribution >= 4 is 11.6 Å². The first-order valence-electron chi connectivity index (χ1n) is 7.50. The molecule has 0 bridgehead atoms. The number of nitrogens with zero attached hydrogens (tertiary/aromatic N) is 2. The molecule has 5 nitrogen and oxygen atoms in total. The van der Waals surface area contributed by atoms with Crippen LogP contribution < -0.4 is 10.1 Å². The van der Waals surface area contributed by atoms with Gasteiger partial charge in [0.05, 0.1) is 18.1 Å². The average molecular weight is 323 g/mol. The second-order valence-corrected chi connectivity index (χ2v) is 5.56. The van der Waals surface area contributed by atoms with Crippen molar-refractivity contribution in [1.29, 1.82) is 0 Å². The zero-order chi connectivity index (χ0) is 16.5. The van der Waals surface area contributed by atoms with Gasteiger partial charge < -0.3 is 14.6 Å². The number of carbonyl (C=O) groups is 1. The fraction of sp³-hybridized carbons (Fsp3) is 0.111. The van der Waals surface area contributed by atoms with Gasteiger partial charge in [0.15, 0.2) is 6.61 Å². The summed E-state index contributed by atoms with van der Waals surface area (Å²) in [5.74, 6) is 0.177. The molecule has 1 aliphatic rings. The summed E-state index contributed by atoms with van der Waals surface area (Å²) in [4.78, 5) is 15.7. The Morgan fingerprint density at radius 1 is 1.17 bits per heavy atom. The van der Waals surface area contributed by atoms with Gasteiger partial charge in [0.25, 0.3) is 5.91 Å². The highest BCUT2D eigenvalue weighted by Crippen LogP contribution is 2.34. The fourth-order valence-electron chi connectivity index (χ4n) is 2.87. The molecule has 4 rings (SSSR count). The quantitative estimate of drug-likeness (QED) is 0.806. The van der Waals surface area contributed by atoms with E-state index in [1.165, 1.54) is 12.1 Å². The highest BCUT2D eigenvalue weighted by atomic mass is 19.1. The first-order valence-corrected chi connectivity index (χ1v) is 7.50. The number of ether oxygens (including phenoxy) is 1. The van der Waals surface area contributed by atoms with Crippen molar-refractivity contribution in [3.63, 3.8) is 0 Å². The zero-order valence-electron chi connectivity index (χ0n) is 12.6. The molecule has 0 saturated heterocycles. The Bertz CT molecular complexity index is 876. The van der Waals surface area contributed by atoms with Crippen LogP contribution in [0.5, 0.6) is 5.75 Å². The van der Waals surface area contributed by atoms with Crippen LogP contribution in [0, 0.1) is 5.82 Å². The van der Waals surface area contributed by atoms with E-state index in [2.05, 4.69) is 10.3 Å². The van der Waals surface area contributed by atoms with E-state index < -0.39 is 0 Å². The molecular formula is C18H14FN3O2. The number of nitrogens with one attached hydrogen (secondary N) is 1. The van der Waals surface area contributed by atoms with E-state index in [0.29, 0.717) is 11.4 Å². The normalized spacial score (nSPS) is 14.5. The number of carbonyl (C=O) groups excluding carboxylic acids is 1. The maximum absolute atomic E-state index is 13.3. The Labute approximate surface area is 137 Å². The van der Waals surface area contributed by atoms with Gasteiger partial charge in [-0.1, -0.05) is 18.2 Å². The van der Waals surface area contributed by atoms with Gasteiger partial charge in [-0.05, 0) is 35.4 Å². The molecule has 1 aromatic heterocycles. The molecule has 0 spiro atoms. The number of halogens is 1. The first kappa shape index (κ1) is 14.4. The van der Waals surface area contributed by atoms with Gasteiger partial charge in [-0.15, -0.1) is 0 Å². The maximum atomic E-state index is 13.3. The van der Waals surface area contributed by atoms with Gasteiger partial charge in [-0.25, -0.2) is 9.37 Å². The van der Waals surface area contributed by atoms with Crippen LogP contribution >= 0.6 is 0 Å². The Balaban J connectivity index is 1.81. The Kier molecular flexibility index (Phi) is 3.49. The number of hydrogen-bond donors (Lipinski definition) is 1. The number of aromatic nitrogens is 2. The summed E-state index contributed by atoms with van der Waals surface area (Å²) in [6, 6.07) is 11.8. The van der Waals surface area contributed by atoms with Crippen LogP contribution in [-0.4, -0.2) is 22.1 Å². The van der Waals surface area contributed by atoms with E-state index in [4.69, 9.17) is 4.74 Å². The first-order chi connectivity index (χ1) is 11.7. The summed E-state index contributed by atoms with van der Waals surface area (Å²) in [6.45, 7) is 0.0231. The van der Waals surface area contributed by atoms with Crippen molar-refractivity contribution in [3.8, 4) is 5.75 Å². The van der Waals surface area contributed by atoms with Crippen LogP contribution in [0.15, 0.2) is 61.2 Å². The van der Waals surface area contributed by atoms with Gasteiger partial charge in [-0.2, -0.15) is 0 Å². The number of fused-ring (bicyclic) bond motifs is 1. The van der Waals surface area contributed by atoms with Crippen LogP contribution in [0.25, 0.3) is 0 Å². The third-order valence-corrected chi connectivity index (χ3v) is 3.96. The minimum absolute atomic E-state index is 0.0231. The summed E-state index contributed by atoms with van der Waals surface area (Å²) in [5, 5.41) is 2.81. The van der Waals surface area contributed by atoms with E-state index in [9.17, 15) is 9.18 Å². The monoisotopic (exact) mass is 323 g/mol. The number of hydrogen-bond acceptors (Lipinski definition) is 3. The molecule has 6 heteroatoms. The van der Waals surface area contributed by atoms with E-state index in [1.54, 1.807) is 24.7 Å². The molecule has 2 heterocycles. The van der Waals surface area contributed by atoms with Crippen molar-refractivity contribution in [2.45, 2.75) is 6.04 Å². The van der Waals surface area contributed by atoms with Crippen LogP contribution in [-0.2, 0) is 4.79 Å². The van der Waals surface area contributed by atoms with Gasteiger partial charge in [-0.3, -0.25) is 4.79 Å². The third kappa shape index (κ3) is 2.62. The lowest BCUT2D eigenvalue weighted by molar-refractivity contribution is -0.118. The molecule has 0 aliphatic carbocycles. The van der Waals surface area contributed by atoms with Gasteiger partial charge in [0.1, 0.15) is 11.6 Å². The lowest BCUT2D eigenvalue weighted by atomic mass is 9.97. The van der Waals surface area contributed by atoms with Crippen LogP contribution in [0.3, 0.4) is 0 Å². The molecule has 1 unspecified atom stereocenters. The zero-order valence-corrected chi connectivity index (χ0v) is 12.6. The average Bonchev–Trinajstić information content (AvgIpc) is 3.10. The highest BCUT2D eigenvalue weighted by Gasteiger charge is 2.21. The summed E-state index contributed by atoms with van der Waals surface area (Å²) in [7, 11) is 0. The molecule has 0 saturated carbocycles. The van der Waals surface area contributed by atoms with E-state index in [1.807, 2.05) is 29.0 Å². The lowest BCUT2D eigenvalue weighted by Gasteiger charge is -2.23. The second kappa shape index (κ2) is 5.81. The van der Waals surface area contributed by atoms with Crippen molar-refractivity contribution in [1.82, 2.24) is 9.55 Å². The summed E-state index contributed by atoms with van der Waals surface area (Å²) < 4.78 is 20.6. The second-order valence-electron chi connectivity index (χ2n) is 5.56. The van der Waals surface area contributed by atoms with E-state index in [-0.39, 0.29) is 24.4 Å². The maximum Gasteiger partial charge on any atom is 0.262 e. The third-order valence-electron chi connectivity index (χ3n) is 3.96. The molecule has 120 valence electrons. The number of benzene rings is 2. The van der Waals surface area contributed by atoms with Crippen molar-refractivity contribution in [2.24, 2.45) is 0 Å². The summed E-state index contributed by atoms with van der Waals surface area (Å²) in [6.07, 6.45) is 5.25. The number of amides is 1. The molecule has 1 aliphatic heterocycles. The minimum Gasteiger partial charge on any atom is -0.482 e. The molecule has 3 aromatic rings. The molecule has 1 N–H and O–H groups in total. The standard InChI is InChI=1S/C18H14FN3O2/c19-14-4-1-12(2-5-14)18(22-8-7-20-11-22)13-3-6-16-15(9-13)21-17(23)10-24-16/h1-9,11,18H,10H2,(H,21,23). The molecule has 1 atom stereocenters. The Hall–Kier alpha value is -3.15. The summed E-state index contributed by atoms with van der Waals surface area (Å²) >= 11 is 0. The molecule has 24 heavy (non-hydrogen) atoms. The van der Waals surface area contributed by atoms with Crippen LogP contribution in [0.4, 0.5) is 10.1 Å². The number of imidazole rings is 1. The highest BCUT2D eigenvalue weighted by molar-refractivity contribution is 5.95. The van der Waals surface area contributed by atoms with Gasteiger partial charge in [0.2, 0.25) is 0 Å². The largest absolute Gasteiger partial charge is 0.482 e. The fourth-order valence-corrected chi connectivity index (χ4v) is 2.87. The molecule has 2 aromatic carbocycles. The van der Waals surface area contributed by atoms with Crippen LogP contribution in [0.2, 0.25) is 0 Å². The summed E-state index contributed by atoms with van der Waals surface area (Å²) in [5.41, 5.74) is 2.48. The smallest absolute Gasteiger partial charge is 0.262 e. The molecule has 0 fully saturated rings. The van der Waals surface area contributed by atoms with Gasteiger partial charge >= 0.3 is 0 Å².